The van der Waals surface area contributed by atoms with Gasteiger partial charge < -0.3 is 4.74 Å². The van der Waals surface area contributed by atoms with E-state index in [1.54, 1.807) is 0 Å². The van der Waals surface area contributed by atoms with Crippen LogP contribution in [-0.4, -0.2) is 12.0 Å². The zero-order valence-corrected chi connectivity index (χ0v) is 10.3. The third kappa shape index (κ3) is 4.64. The van der Waals surface area contributed by atoms with Crippen LogP contribution < -0.4 is 0 Å². The molecular formula is C12H25NO. The second-order valence-corrected chi connectivity index (χ2v) is 4.65. The molecule has 0 bridgehead atoms. The first-order valence-electron chi connectivity index (χ1n) is 5.69. The third-order valence-electron chi connectivity index (χ3n) is 2.66. The molecule has 0 saturated heterocycles. The number of hydrogen-bond acceptors (Lipinski definition) is 2. The molecular weight excluding hydrogens is 174 g/mol. The lowest BCUT2D eigenvalue weighted by Crippen LogP contribution is -2.28. The third-order valence-corrected chi connectivity index (χ3v) is 2.66. The van der Waals surface area contributed by atoms with E-state index < -0.39 is 0 Å². The second-order valence-electron chi connectivity index (χ2n) is 4.65. The van der Waals surface area contributed by atoms with Gasteiger partial charge in [0.05, 0.1) is 6.10 Å². The molecule has 0 aromatic rings. The Morgan fingerprint density at radius 2 is 1.93 bits per heavy atom. The van der Waals surface area contributed by atoms with Crippen LogP contribution in [0.1, 0.15) is 60.3 Å². The smallest absolute Gasteiger partial charge is 0.186 e. The Hall–Kier alpha value is -0.530. The summed E-state index contributed by atoms with van der Waals surface area (Å²) in [6.45, 7) is 10.5. The molecule has 1 unspecified atom stereocenters. The number of unbranched alkanes of at least 4 members (excludes halogenated alkanes) is 1. The molecule has 0 rings (SSSR count). The molecule has 1 N–H and O–H groups in total. The predicted molar refractivity (Wildman–Crippen MR) is 61.9 cm³/mol. The summed E-state index contributed by atoms with van der Waals surface area (Å²) in [4.78, 5) is 0. The van der Waals surface area contributed by atoms with Crippen LogP contribution in [0.4, 0.5) is 0 Å². The average Bonchev–Trinajstić information content (AvgIpc) is 2.14. The first-order valence-corrected chi connectivity index (χ1v) is 5.69. The van der Waals surface area contributed by atoms with Gasteiger partial charge in [0.25, 0.3) is 0 Å². The van der Waals surface area contributed by atoms with Crippen LogP contribution >= 0.6 is 0 Å². The van der Waals surface area contributed by atoms with Gasteiger partial charge in [0, 0.05) is 5.41 Å². The quantitative estimate of drug-likeness (QED) is 0.509. The van der Waals surface area contributed by atoms with Crippen LogP contribution in [0.3, 0.4) is 0 Å². The Bertz CT molecular complexity index is 175. The molecule has 0 aromatic carbocycles. The van der Waals surface area contributed by atoms with E-state index in [0.29, 0.717) is 5.90 Å². The van der Waals surface area contributed by atoms with Crippen LogP contribution in [0.25, 0.3) is 0 Å². The molecule has 1 atom stereocenters. The molecule has 0 aromatic heterocycles. The highest BCUT2D eigenvalue weighted by Crippen LogP contribution is 2.26. The van der Waals surface area contributed by atoms with E-state index in [0.717, 1.165) is 12.8 Å². The van der Waals surface area contributed by atoms with Gasteiger partial charge >= 0.3 is 0 Å². The van der Waals surface area contributed by atoms with Gasteiger partial charge in [0.2, 0.25) is 0 Å². The minimum atomic E-state index is -0.0978. The van der Waals surface area contributed by atoms with Gasteiger partial charge in [0.1, 0.15) is 0 Å². The maximum Gasteiger partial charge on any atom is 0.186 e. The normalized spacial score (nSPS) is 13.8. The lowest BCUT2D eigenvalue weighted by Gasteiger charge is -2.27. The van der Waals surface area contributed by atoms with Crippen molar-refractivity contribution in [3.05, 3.63) is 0 Å². The van der Waals surface area contributed by atoms with Crippen LogP contribution in [0.5, 0.6) is 0 Å². The summed E-state index contributed by atoms with van der Waals surface area (Å²) < 4.78 is 5.54. The fourth-order valence-corrected chi connectivity index (χ4v) is 1.18. The van der Waals surface area contributed by atoms with Gasteiger partial charge in [-0.1, -0.05) is 40.5 Å². The van der Waals surface area contributed by atoms with Crippen molar-refractivity contribution < 1.29 is 4.74 Å². The lowest BCUT2D eigenvalue weighted by atomic mass is 9.87. The molecule has 14 heavy (non-hydrogen) atoms. The summed E-state index contributed by atoms with van der Waals surface area (Å²) in [7, 11) is 0. The maximum absolute atomic E-state index is 7.88. The SMILES string of the molecule is CCCCC(C)(C)C(=N)OC(C)CC. The number of nitrogens with one attached hydrogen (secondary N) is 1. The minimum absolute atomic E-state index is 0.0978. The van der Waals surface area contributed by atoms with E-state index in [1.807, 2.05) is 6.92 Å². The second kappa shape index (κ2) is 6.05. The molecule has 0 aliphatic heterocycles. The maximum atomic E-state index is 7.88. The molecule has 0 fully saturated rings. The zero-order chi connectivity index (χ0) is 11.2. The molecule has 84 valence electrons. The van der Waals surface area contributed by atoms with Crippen molar-refractivity contribution in [3.8, 4) is 0 Å². The summed E-state index contributed by atoms with van der Waals surface area (Å²) in [6, 6.07) is 0. The first kappa shape index (κ1) is 13.5. The summed E-state index contributed by atoms with van der Waals surface area (Å²) in [5.41, 5.74) is -0.0978. The Morgan fingerprint density at radius 1 is 1.36 bits per heavy atom. The van der Waals surface area contributed by atoms with Crippen LogP contribution in [0.15, 0.2) is 0 Å². The number of ether oxygens (including phenoxy) is 1. The van der Waals surface area contributed by atoms with E-state index in [4.69, 9.17) is 10.1 Å². The van der Waals surface area contributed by atoms with Gasteiger partial charge in [-0.15, -0.1) is 0 Å². The van der Waals surface area contributed by atoms with Crippen LogP contribution in [0.2, 0.25) is 0 Å². The predicted octanol–water partition coefficient (Wildman–Crippen LogP) is 4.00. The van der Waals surface area contributed by atoms with E-state index in [1.165, 1.54) is 12.8 Å². The standard InChI is InChI=1S/C12H25NO/c1-6-8-9-12(4,5)11(13)14-10(3)7-2/h10,13H,6-9H2,1-5H3. The Morgan fingerprint density at radius 3 is 2.36 bits per heavy atom. The van der Waals surface area contributed by atoms with Crippen molar-refractivity contribution in [1.82, 2.24) is 0 Å². The summed E-state index contributed by atoms with van der Waals surface area (Å²) in [5, 5.41) is 7.88. The summed E-state index contributed by atoms with van der Waals surface area (Å²) in [5.74, 6) is 0.445. The highest BCUT2D eigenvalue weighted by molar-refractivity contribution is 5.78. The van der Waals surface area contributed by atoms with Gasteiger partial charge in [-0.05, 0) is 19.8 Å². The molecule has 2 heteroatoms. The average molecular weight is 199 g/mol. The Balaban J connectivity index is 4.06. The molecule has 0 aliphatic carbocycles. The molecule has 0 radical (unpaired) electrons. The number of hydrogen-bond donors (Lipinski definition) is 1. The molecule has 0 aliphatic rings. The van der Waals surface area contributed by atoms with Crippen molar-refractivity contribution in [3.63, 3.8) is 0 Å². The lowest BCUT2D eigenvalue weighted by molar-refractivity contribution is 0.167. The summed E-state index contributed by atoms with van der Waals surface area (Å²) in [6.07, 6.45) is 4.52. The fraction of sp³-hybridized carbons (Fsp3) is 0.917. The number of rotatable bonds is 6. The highest BCUT2D eigenvalue weighted by atomic mass is 16.5. The molecule has 0 spiro atoms. The molecule has 0 amide bonds. The van der Waals surface area contributed by atoms with Crippen molar-refractivity contribution in [1.29, 1.82) is 5.41 Å². The molecule has 2 nitrogen and oxygen atoms in total. The van der Waals surface area contributed by atoms with Crippen molar-refractivity contribution in [2.45, 2.75) is 66.4 Å². The van der Waals surface area contributed by atoms with Crippen LogP contribution in [0, 0.1) is 10.8 Å². The minimum Gasteiger partial charge on any atom is -0.478 e. The largest absolute Gasteiger partial charge is 0.478 e. The fourth-order valence-electron chi connectivity index (χ4n) is 1.18. The zero-order valence-electron chi connectivity index (χ0n) is 10.3. The Kier molecular flexibility index (Phi) is 5.82. The first-order chi connectivity index (χ1) is 6.44. The van der Waals surface area contributed by atoms with Crippen molar-refractivity contribution in [2.75, 3.05) is 0 Å². The Labute approximate surface area is 88.6 Å². The van der Waals surface area contributed by atoms with E-state index >= 15 is 0 Å². The highest BCUT2D eigenvalue weighted by Gasteiger charge is 2.25. The van der Waals surface area contributed by atoms with E-state index in [-0.39, 0.29) is 11.5 Å². The van der Waals surface area contributed by atoms with Gasteiger partial charge in [0.15, 0.2) is 5.90 Å². The van der Waals surface area contributed by atoms with Crippen molar-refractivity contribution in [2.24, 2.45) is 5.41 Å². The van der Waals surface area contributed by atoms with Gasteiger partial charge in [-0.2, -0.15) is 0 Å². The molecule has 0 heterocycles. The van der Waals surface area contributed by atoms with Crippen molar-refractivity contribution >= 4 is 5.90 Å². The monoisotopic (exact) mass is 199 g/mol. The topological polar surface area (TPSA) is 33.1 Å². The van der Waals surface area contributed by atoms with Gasteiger partial charge in [-0.3, -0.25) is 5.41 Å². The van der Waals surface area contributed by atoms with Crippen LogP contribution in [-0.2, 0) is 4.74 Å². The van der Waals surface area contributed by atoms with E-state index in [9.17, 15) is 0 Å². The van der Waals surface area contributed by atoms with E-state index in [2.05, 4.69) is 27.7 Å². The molecule has 0 saturated carbocycles. The summed E-state index contributed by atoms with van der Waals surface area (Å²) >= 11 is 0. The van der Waals surface area contributed by atoms with Gasteiger partial charge in [-0.25, -0.2) is 0 Å².